The molecule has 0 aliphatic rings. The van der Waals surface area contributed by atoms with E-state index in [2.05, 4.69) is 15.3 Å². The van der Waals surface area contributed by atoms with Gasteiger partial charge in [-0.25, -0.2) is 9.97 Å². The molecule has 1 amide bonds. The Bertz CT molecular complexity index is 1280. The van der Waals surface area contributed by atoms with Crippen LogP contribution in [0.25, 0.3) is 15.2 Å². The number of thiazole rings is 2. The molecule has 0 aliphatic carbocycles. The third kappa shape index (κ3) is 4.22. The van der Waals surface area contributed by atoms with Crippen molar-refractivity contribution < 1.29 is 4.79 Å². The van der Waals surface area contributed by atoms with Gasteiger partial charge in [-0.05, 0) is 25.1 Å². The molecule has 0 saturated heterocycles. The SMILES string of the molecule is Cc1csc2nc(CSc3nc4ccc(NC(=O)C(C)(C)C)cc4s3)cc(=O)n12. The van der Waals surface area contributed by atoms with Crippen LogP contribution < -0.4 is 10.9 Å². The van der Waals surface area contributed by atoms with E-state index in [4.69, 9.17) is 0 Å². The summed E-state index contributed by atoms with van der Waals surface area (Å²) in [7, 11) is 0. The van der Waals surface area contributed by atoms with Gasteiger partial charge in [0.05, 0.1) is 15.9 Å². The third-order valence-corrected chi connectivity index (χ3v) is 7.42. The first-order valence-electron chi connectivity index (χ1n) is 9.02. The second-order valence-corrected chi connectivity index (χ2v) is 10.8. The highest BCUT2D eigenvalue weighted by molar-refractivity contribution is 8.00. The maximum Gasteiger partial charge on any atom is 0.258 e. The highest BCUT2D eigenvalue weighted by atomic mass is 32.2. The zero-order chi connectivity index (χ0) is 20.8. The van der Waals surface area contributed by atoms with Gasteiger partial charge in [0.1, 0.15) is 0 Å². The van der Waals surface area contributed by atoms with Crippen LogP contribution in [0.15, 0.2) is 38.8 Å². The molecule has 29 heavy (non-hydrogen) atoms. The van der Waals surface area contributed by atoms with Gasteiger partial charge >= 0.3 is 0 Å². The number of hydrogen-bond acceptors (Lipinski definition) is 7. The number of aromatic nitrogens is 3. The summed E-state index contributed by atoms with van der Waals surface area (Å²) in [4.78, 5) is 34.4. The minimum absolute atomic E-state index is 0.0208. The Morgan fingerprint density at radius 3 is 2.79 bits per heavy atom. The molecule has 4 aromatic rings. The molecule has 4 rings (SSSR count). The lowest BCUT2D eigenvalue weighted by atomic mass is 9.95. The average Bonchev–Trinajstić information content (AvgIpc) is 3.22. The number of anilines is 1. The standard InChI is InChI=1S/C20H20N4O2S3/c1-11-9-27-18-22-13(8-16(25)24(11)18)10-28-19-23-14-6-5-12(7-15(14)29-19)21-17(26)20(2,3)4/h5-9H,10H2,1-4H3,(H,21,26). The fourth-order valence-corrected chi connectivity index (χ4v) is 5.56. The molecular formula is C20H20N4O2S3. The first-order chi connectivity index (χ1) is 13.7. The molecule has 0 spiro atoms. The van der Waals surface area contributed by atoms with Crippen molar-refractivity contribution in [3.05, 3.63) is 51.4 Å². The number of fused-ring (bicyclic) bond motifs is 2. The number of thioether (sulfide) groups is 1. The molecule has 0 unspecified atom stereocenters. The van der Waals surface area contributed by atoms with Crippen LogP contribution in [0.3, 0.4) is 0 Å². The van der Waals surface area contributed by atoms with Crippen LogP contribution in [0.2, 0.25) is 0 Å². The molecular weight excluding hydrogens is 424 g/mol. The van der Waals surface area contributed by atoms with Gasteiger partial charge < -0.3 is 5.32 Å². The number of carbonyl (C=O) groups excluding carboxylic acids is 1. The molecule has 0 atom stereocenters. The van der Waals surface area contributed by atoms with Gasteiger partial charge in [-0.3, -0.25) is 14.0 Å². The molecule has 0 bridgehead atoms. The number of amides is 1. The minimum Gasteiger partial charge on any atom is -0.326 e. The molecule has 0 fully saturated rings. The topological polar surface area (TPSA) is 76.4 Å². The van der Waals surface area contributed by atoms with Gasteiger partial charge in [0.25, 0.3) is 5.56 Å². The van der Waals surface area contributed by atoms with E-state index in [-0.39, 0.29) is 11.5 Å². The molecule has 1 aromatic carbocycles. The monoisotopic (exact) mass is 444 g/mol. The van der Waals surface area contributed by atoms with Crippen LogP contribution in [-0.4, -0.2) is 20.3 Å². The quantitative estimate of drug-likeness (QED) is 0.451. The van der Waals surface area contributed by atoms with E-state index < -0.39 is 5.41 Å². The summed E-state index contributed by atoms with van der Waals surface area (Å²) in [6.45, 7) is 7.56. The predicted molar refractivity (Wildman–Crippen MR) is 121 cm³/mol. The number of nitrogens with zero attached hydrogens (tertiary/aromatic N) is 3. The Kier molecular flexibility index (Phi) is 5.22. The summed E-state index contributed by atoms with van der Waals surface area (Å²) in [5.41, 5.74) is 2.82. The molecule has 0 saturated carbocycles. The van der Waals surface area contributed by atoms with Crippen molar-refractivity contribution in [1.29, 1.82) is 0 Å². The normalized spacial score (nSPS) is 12.0. The molecule has 1 N–H and O–H groups in total. The van der Waals surface area contributed by atoms with E-state index in [1.54, 1.807) is 33.6 Å². The largest absolute Gasteiger partial charge is 0.326 e. The van der Waals surface area contributed by atoms with Crippen molar-refractivity contribution in [3.63, 3.8) is 0 Å². The van der Waals surface area contributed by atoms with E-state index in [1.807, 2.05) is 51.3 Å². The van der Waals surface area contributed by atoms with E-state index in [1.165, 1.54) is 11.3 Å². The Hall–Kier alpha value is -2.23. The van der Waals surface area contributed by atoms with Gasteiger partial charge in [-0.1, -0.05) is 32.5 Å². The number of carbonyl (C=O) groups is 1. The van der Waals surface area contributed by atoms with Gasteiger partial charge in [0, 0.05) is 34.0 Å². The number of hydrogen-bond donors (Lipinski definition) is 1. The zero-order valence-electron chi connectivity index (χ0n) is 16.5. The molecule has 150 valence electrons. The van der Waals surface area contributed by atoms with Gasteiger partial charge in [0.15, 0.2) is 9.30 Å². The summed E-state index contributed by atoms with van der Waals surface area (Å²) in [6.07, 6.45) is 0. The smallest absolute Gasteiger partial charge is 0.258 e. The maximum atomic E-state index is 12.3. The van der Waals surface area contributed by atoms with Crippen LogP contribution in [0, 0.1) is 12.3 Å². The molecule has 9 heteroatoms. The number of rotatable bonds is 4. The van der Waals surface area contributed by atoms with Crippen molar-refractivity contribution in [2.45, 2.75) is 37.8 Å². The minimum atomic E-state index is -0.447. The highest BCUT2D eigenvalue weighted by Crippen LogP contribution is 2.33. The average molecular weight is 445 g/mol. The summed E-state index contributed by atoms with van der Waals surface area (Å²) >= 11 is 4.60. The van der Waals surface area contributed by atoms with E-state index in [0.29, 0.717) is 10.7 Å². The summed E-state index contributed by atoms with van der Waals surface area (Å²) in [5.74, 6) is 0.559. The zero-order valence-corrected chi connectivity index (χ0v) is 18.9. The lowest BCUT2D eigenvalue weighted by molar-refractivity contribution is -0.123. The van der Waals surface area contributed by atoms with Crippen LogP contribution in [-0.2, 0) is 10.5 Å². The molecule has 3 aromatic heterocycles. The van der Waals surface area contributed by atoms with E-state index in [0.717, 1.165) is 31.6 Å². The van der Waals surface area contributed by atoms with Crippen LogP contribution in [0.5, 0.6) is 0 Å². The van der Waals surface area contributed by atoms with Crippen molar-refractivity contribution in [1.82, 2.24) is 14.4 Å². The Morgan fingerprint density at radius 1 is 1.24 bits per heavy atom. The molecule has 0 radical (unpaired) electrons. The lowest BCUT2D eigenvalue weighted by Gasteiger charge is -2.17. The van der Waals surface area contributed by atoms with Crippen LogP contribution in [0.1, 0.15) is 32.2 Å². The first-order valence-corrected chi connectivity index (χ1v) is 11.7. The predicted octanol–water partition coefficient (Wildman–Crippen LogP) is 4.95. The van der Waals surface area contributed by atoms with E-state index >= 15 is 0 Å². The van der Waals surface area contributed by atoms with Crippen molar-refractivity contribution >= 4 is 61.2 Å². The fraction of sp³-hybridized carbons (Fsp3) is 0.300. The summed E-state index contributed by atoms with van der Waals surface area (Å²) in [6, 6.07) is 7.33. The van der Waals surface area contributed by atoms with E-state index in [9.17, 15) is 9.59 Å². The van der Waals surface area contributed by atoms with Gasteiger partial charge in [-0.15, -0.1) is 22.7 Å². The summed E-state index contributed by atoms with van der Waals surface area (Å²) in [5, 5.41) is 4.89. The van der Waals surface area contributed by atoms with Crippen molar-refractivity contribution in [2.75, 3.05) is 5.32 Å². The number of nitrogens with one attached hydrogen (secondary N) is 1. The Balaban J connectivity index is 1.51. The molecule has 6 nitrogen and oxygen atoms in total. The van der Waals surface area contributed by atoms with Crippen LogP contribution >= 0.6 is 34.4 Å². The maximum absolute atomic E-state index is 12.3. The summed E-state index contributed by atoms with van der Waals surface area (Å²) < 4.78 is 3.55. The fourth-order valence-electron chi connectivity index (χ4n) is 2.67. The number of aryl methyl sites for hydroxylation is 1. The lowest BCUT2D eigenvalue weighted by Crippen LogP contribution is -2.27. The van der Waals surface area contributed by atoms with Crippen molar-refractivity contribution in [3.8, 4) is 0 Å². The first kappa shape index (κ1) is 20.1. The third-order valence-electron chi connectivity index (χ3n) is 4.28. The molecule has 3 heterocycles. The Labute approximate surface area is 180 Å². The second kappa shape index (κ2) is 7.55. The van der Waals surface area contributed by atoms with Crippen LogP contribution in [0.4, 0.5) is 5.69 Å². The Morgan fingerprint density at radius 2 is 2.03 bits per heavy atom. The van der Waals surface area contributed by atoms with Gasteiger partial charge in [-0.2, -0.15) is 0 Å². The second-order valence-electron chi connectivity index (χ2n) is 7.74. The van der Waals surface area contributed by atoms with Gasteiger partial charge in [0.2, 0.25) is 5.91 Å². The molecule has 0 aliphatic heterocycles. The number of benzene rings is 1. The highest BCUT2D eigenvalue weighted by Gasteiger charge is 2.21. The van der Waals surface area contributed by atoms with Crippen molar-refractivity contribution in [2.24, 2.45) is 5.41 Å².